The van der Waals surface area contributed by atoms with Crippen LogP contribution in [0, 0.1) is 0 Å². The van der Waals surface area contributed by atoms with E-state index < -0.39 is 11.7 Å². The average molecular weight is 408 g/mol. The molecule has 158 valence electrons. The number of nitrogens with zero attached hydrogens (tertiary/aromatic N) is 2. The van der Waals surface area contributed by atoms with Gasteiger partial charge < -0.3 is 14.6 Å². The Morgan fingerprint density at radius 2 is 2.03 bits per heavy atom. The zero-order valence-corrected chi connectivity index (χ0v) is 18.2. The number of nitrogens with one attached hydrogen (secondary N) is 1. The molecule has 0 bridgehead atoms. The number of rotatable bonds is 3. The number of fused-ring (bicyclic) bond motifs is 1. The summed E-state index contributed by atoms with van der Waals surface area (Å²) in [4.78, 5) is 34.8. The molecule has 2 aromatic rings. The van der Waals surface area contributed by atoms with Crippen molar-refractivity contribution < 1.29 is 9.53 Å². The molecular formula is C24H29N3O3. The number of allylic oxidation sites excluding steroid dienone is 1. The van der Waals surface area contributed by atoms with Crippen molar-refractivity contribution in [2.45, 2.75) is 64.5 Å². The van der Waals surface area contributed by atoms with Crippen molar-refractivity contribution >= 4 is 11.7 Å². The zero-order chi connectivity index (χ0) is 21.7. The van der Waals surface area contributed by atoms with Gasteiger partial charge in [0.25, 0.3) is 5.56 Å². The molecule has 6 heteroatoms. The van der Waals surface area contributed by atoms with Gasteiger partial charge in [-0.2, -0.15) is 0 Å². The Morgan fingerprint density at radius 3 is 2.67 bits per heavy atom. The second kappa shape index (κ2) is 7.11. The lowest BCUT2D eigenvalue weighted by Gasteiger charge is -2.30. The smallest absolute Gasteiger partial charge is 0.410 e. The Hall–Kier alpha value is -2.89. The molecule has 0 atom stereocenters. The Labute approximate surface area is 177 Å². The van der Waals surface area contributed by atoms with Crippen molar-refractivity contribution in [2.75, 3.05) is 6.54 Å². The summed E-state index contributed by atoms with van der Waals surface area (Å²) in [6, 6.07) is 8.34. The lowest BCUT2D eigenvalue weighted by atomic mass is 9.92. The molecule has 2 heterocycles. The van der Waals surface area contributed by atoms with E-state index in [1.54, 1.807) is 4.90 Å². The normalized spacial score (nSPS) is 17.3. The molecule has 1 aliphatic carbocycles. The quantitative estimate of drug-likeness (QED) is 0.828. The van der Waals surface area contributed by atoms with E-state index >= 15 is 0 Å². The van der Waals surface area contributed by atoms with Gasteiger partial charge in [-0.15, -0.1) is 0 Å². The predicted octanol–water partition coefficient (Wildman–Crippen LogP) is 4.18. The number of hydrogen-bond acceptors (Lipinski definition) is 4. The van der Waals surface area contributed by atoms with Crippen LogP contribution in [0.15, 0.2) is 35.6 Å². The summed E-state index contributed by atoms with van der Waals surface area (Å²) in [5.74, 6) is 0.732. The Bertz CT molecular complexity index is 1070. The summed E-state index contributed by atoms with van der Waals surface area (Å²) in [5.41, 5.74) is 3.67. The first-order chi connectivity index (χ1) is 14.1. The fourth-order valence-corrected chi connectivity index (χ4v) is 4.00. The lowest BCUT2D eigenvalue weighted by Crippen LogP contribution is -2.42. The van der Waals surface area contributed by atoms with Gasteiger partial charge in [0.05, 0.1) is 23.2 Å². The van der Waals surface area contributed by atoms with Crippen molar-refractivity contribution in [1.82, 2.24) is 14.9 Å². The Morgan fingerprint density at radius 1 is 1.30 bits per heavy atom. The fraction of sp³-hybridized carbons (Fsp3) is 0.458. The van der Waals surface area contributed by atoms with Gasteiger partial charge in [-0.3, -0.25) is 4.79 Å². The average Bonchev–Trinajstić information content (AvgIpc) is 3.48. The van der Waals surface area contributed by atoms with E-state index in [1.165, 1.54) is 0 Å². The summed E-state index contributed by atoms with van der Waals surface area (Å²) < 4.78 is 5.46. The van der Waals surface area contributed by atoms with Crippen LogP contribution in [0.3, 0.4) is 0 Å². The molecule has 1 aromatic heterocycles. The third-order valence-corrected chi connectivity index (χ3v) is 5.83. The largest absolute Gasteiger partial charge is 0.444 e. The van der Waals surface area contributed by atoms with Crippen molar-refractivity contribution in [3.8, 4) is 0 Å². The van der Waals surface area contributed by atoms with E-state index in [2.05, 4.69) is 29.8 Å². The maximum atomic E-state index is 12.9. The molecule has 2 aliphatic rings. The number of hydrogen-bond donors (Lipinski definition) is 1. The molecule has 1 N–H and O–H groups in total. The van der Waals surface area contributed by atoms with Crippen molar-refractivity contribution in [2.24, 2.45) is 0 Å². The van der Waals surface area contributed by atoms with E-state index in [0.29, 0.717) is 18.5 Å². The first-order valence-corrected chi connectivity index (χ1v) is 10.5. The van der Waals surface area contributed by atoms with E-state index in [1.807, 2.05) is 33.8 Å². The number of H-pyrrole nitrogens is 1. The van der Waals surface area contributed by atoms with Gasteiger partial charge >= 0.3 is 6.09 Å². The molecule has 1 amide bonds. The van der Waals surface area contributed by atoms with E-state index in [4.69, 9.17) is 9.72 Å². The number of carbonyl (C=O) groups excluding carboxylic acids is 1. The van der Waals surface area contributed by atoms with Gasteiger partial charge in [0, 0.05) is 13.0 Å². The molecule has 1 aromatic carbocycles. The van der Waals surface area contributed by atoms with Gasteiger partial charge in [-0.1, -0.05) is 36.4 Å². The molecule has 0 radical (unpaired) electrons. The molecule has 6 nitrogen and oxygen atoms in total. The number of aromatic nitrogens is 2. The molecule has 0 unspecified atom stereocenters. The van der Waals surface area contributed by atoms with Crippen LogP contribution < -0.4 is 5.56 Å². The van der Waals surface area contributed by atoms with Crippen LogP contribution in [0.25, 0.3) is 5.57 Å². The highest BCUT2D eigenvalue weighted by Gasteiger charge is 2.49. The highest BCUT2D eigenvalue weighted by atomic mass is 16.6. The Kier molecular flexibility index (Phi) is 4.83. The van der Waals surface area contributed by atoms with Gasteiger partial charge in [-0.05, 0) is 51.7 Å². The highest BCUT2D eigenvalue weighted by Crippen LogP contribution is 2.52. The first-order valence-electron chi connectivity index (χ1n) is 10.5. The minimum atomic E-state index is -0.567. The topological polar surface area (TPSA) is 75.3 Å². The number of carbonyl (C=O) groups is 1. The molecule has 1 fully saturated rings. The number of benzene rings is 1. The zero-order valence-electron chi connectivity index (χ0n) is 18.2. The summed E-state index contributed by atoms with van der Waals surface area (Å²) in [7, 11) is 0. The van der Waals surface area contributed by atoms with E-state index in [-0.39, 0.29) is 17.5 Å². The van der Waals surface area contributed by atoms with Crippen LogP contribution >= 0.6 is 0 Å². The van der Waals surface area contributed by atoms with Crippen LogP contribution in [0.1, 0.15) is 68.7 Å². The maximum Gasteiger partial charge on any atom is 0.410 e. The molecular weight excluding hydrogens is 378 g/mol. The van der Waals surface area contributed by atoms with Gasteiger partial charge in [0.1, 0.15) is 11.4 Å². The minimum Gasteiger partial charge on any atom is -0.444 e. The van der Waals surface area contributed by atoms with Crippen molar-refractivity contribution in [3.63, 3.8) is 0 Å². The monoisotopic (exact) mass is 407 g/mol. The van der Waals surface area contributed by atoms with Crippen LogP contribution in [0.4, 0.5) is 4.79 Å². The molecule has 0 spiro atoms. The minimum absolute atomic E-state index is 0.161. The van der Waals surface area contributed by atoms with E-state index in [9.17, 15) is 9.59 Å². The van der Waals surface area contributed by atoms with Crippen molar-refractivity contribution in [3.05, 3.63) is 69.4 Å². The fourth-order valence-electron chi connectivity index (χ4n) is 4.00. The molecule has 0 saturated heterocycles. The van der Waals surface area contributed by atoms with Crippen LogP contribution in [0.2, 0.25) is 0 Å². The molecule has 1 saturated carbocycles. The van der Waals surface area contributed by atoms with Crippen LogP contribution in [0.5, 0.6) is 0 Å². The molecule has 1 aliphatic heterocycles. The first kappa shape index (κ1) is 20.4. The number of amides is 1. The lowest BCUT2D eigenvalue weighted by molar-refractivity contribution is 0.0221. The summed E-state index contributed by atoms with van der Waals surface area (Å²) in [5, 5.41) is 0. The second-order valence-corrected chi connectivity index (χ2v) is 9.43. The third-order valence-electron chi connectivity index (χ3n) is 5.83. The second-order valence-electron chi connectivity index (χ2n) is 9.43. The third kappa shape index (κ3) is 3.78. The van der Waals surface area contributed by atoms with Gasteiger partial charge in [0.15, 0.2) is 0 Å². The highest BCUT2D eigenvalue weighted by molar-refractivity contribution is 5.68. The van der Waals surface area contributed by atoms with Crippen molar-refractivity contribution in [1.29, 1.82) is 0 Å². The summed E-state index contributed by atoms with van der Waals surface area (Å²) in [6.07, 6.45) is 2.07. The van der Waals surface area contributed by atoms with Crippen LogP contribution in [-0.4, -0.2) is 33.1 Å². The number of ether oxygens (including phenoxy) is 1. The van der Waals surface area contributed by atoms with Crippen LogP contribution in [-0.2, 0) is 23.1 Å². The molecule has 4 rings (SSSR count). The van der Waals surface area contributed by atoms with Gasteiger partial charge in [0.2, 0.25) is 0 Å². The standard InChI is InChI=1S/C24H29N3O3/c1-15(2)16-7-6-8-17(13-16)24(10-11-24)21-25-19-9-12-27(14-18(19)20(28)26-21)22(29)30-23(3,4)5/h6-8,13H,1,9-12,14H2,2-5H3,(H,25,26,28). The summed E-state index contributed by atoms with van der Waals surface area (Å²) in [6.45, 7) is 12.3. The Balaban J connectivity index is 1.63. The summed E-state index contributed by atoms with van der Waals surface area (Å²) >= 11 is 0. The molecule has 30 heavy (non-hydrogen) atoms. The van der Waals surface area contributed by atoms with Gasteiger partial charge in [-0.25, -0.2) is 9.78 Å². The van der Waals surface area contributed by atoms with E-state index in [0.717, 1.165) is 41.1 Å². The number of aromatic amines is 1. The SMILES string of the molecule is C=C(C)c1cccc(C2(c3nc4c(c(=O)[nH]3)CN(C(=O)OC(C)(C)C)CC4)CC2)c1. The maximum absolute atomic E-state index is 12.9. The predicted molar refractivity (Wildman–Crippen MR) is 116 cm³/mol.